The van der Waals surface area contributed by atoms with Crippen molar-refractivity contribution in [3.8, 4) is 0 Å². The van der Waals surface area contributed by atoms with Crippen molar-refractivity contribution in [2.45, 2.75) is 6.92 Å². The van der Waals surface area contributed by atoms with E-state index < -0.39 is 17.6 Å². The molecule has 20 heavy (non-hydrogen) atoms. The zero-order chi connectivity index (χ0) is 14.7. The molecule has 0 bridgehead atoms. The van der Waals surface area contributed by atoms with Gasteiger partial charge in [-0.3, -0.25) is 0 Å². The van der Waals surface area contributed by atoms with Crippen molar-refractivity contribution in [3.05, 3.63) is 39.4 Å². The van der Waals surface area contributed by atoms with Crippen LogP contribution in [-0.2, 0) is 4.74 Å². The number of nitrogens with one attached hydrogen (secondary N) is 1. The zero-order valence-electron chi connectivity index (χ0n) is 10.2. The Morgan fingerprint density at radius 1 is 1.45 bits per heavy atom. The molecule has 0 aliphatic rings. The Morgan fingerprint density at radius 3 is 2.90 bits per heavy atom. The van der Waals surface area contributed by atoms with Crippen LogP contribution in [0.4, 0.5) is 19.5 Å². The van der Waals surface area contributed by atoms with Crippen LogP contribution in [0.1, 0.15) is 17.4 Å². The van der Waals surface area contributed by atoms with Crippen LogP contribution < -0.4 is 5.32 Å². The summed E-state index contributed by atoms with van der Waals surface area (Å²) >= 11 is 3.98. The summed E-state index contributed by atoms with van der Waals surface area (Å²) in [4.78, 5) is 15.5. The first-order valence-corrected chi connectivity index (χ1v) is 7.22. The largest absolute Gasteiger partial charge is 0.461 e. The molecule has 0 spiro atoms. The molecule has 0 aliphatic carbocycles. The highest BCUT2D eigenvalue weighted by Crippen LogP contribution is 2.29. The van der Waals surface area contributed by atoms with Gasteiger partial charge in [-0.25, -0.2) is 18.6 Å². The van der Waals surface area contributed by atoms with Crippen molar-refractivity contribution in [2.24, 2.45) is 0 Å². The molecular formula is C12H9BrF2N2O2S. The number of ether oxygens (including phenoxy) is 1. The van der Waals surface area contributed by atoms with Gasteiger partial charge in [0.1, 0.15) is 16.6 Å². The maximum atomic E-state index is 13.7. The molecule has 1 N–H and O–H groups in total. The van der Waals surface area contributed by atoms with Crippen LogP contribution >= 0.6 is 27.3 Å². The summed E-state index contributed by atoms with van der Waals surface area (Å²) in [7, 11) is 0. The van der Waals surface area contributed by atoms with E-state index >= 15 is 0 Å². The molecule has 0 saturated heterocycles. The SMILES string of the molecule is CCOC(=O)c1ncsc1Nc1cc(F)c(Br)cc1F. The normalized spacial score (nSPS) is 10.4. The molecule has 0 atom stereocenters. The van der Waals surface area contributed by atoms with Crippen molar-refractivity contribution in [2.75, 3.05) is 11.9 Å². The number of carbonyl (C=O) groups excluding carboxylic acids is 1. The van der Waals surface area contributed by atoms with Crippen LogP contribution in [0.3, 0.4) is 0 Å². The fourth-order valence-corrected chi connectivity index (χ4v) is 2.42. The first kappa shape index (κ1) is 14.9. The summed E-state index contributed by atoms with van der Waals surface area (Å²) in [6.07, 6.45) is 0. The Morgan fingerprint density at radius 2 is 2.20 bits per heavy atom. The van der Waals surface area contributed by atoms with Gasteiger partial charge >= 0.3 is 5.97 Å². The second kappa shape index (κ2) is 6.27. The van der Waals surface area contributed by atoms with Crippen LogP contribution in [0, 0.1) is 11.6 Å². The minimum Gasteiger partial charge on any atom is -0.461 e. The van der Waals surface area contributed by atoms with Crippen LogP contribution in [0.25, 0.3) is 0 Å². The van der Waals surface area contributed by atoms with Crippen molar-refractivity contribution < 1.29 is 18.3 Å². The van der Waals surface area contributed by atoms with E-state index in [-0.39, 0.29) is 22.5 Å². The Balaban J connectivity index is 2.29. The van der Waals surface area contributed by atoms with Gasteiger partial charge in [-0.1, -0.05) is 0 Å². The lowest BCUT2D eigenvalue weighted by atomic mass is 10.3. The number of aromatic nitrogens is 1. The van der Waals surface area contributed by atoms with Gasteiger partial charge in [0.15, 0.2) is 5.69 Å². The third kappa shape index (κ3) is 3.13. The molecule has 0 amide bonds. The maximum Gasteiger partial charge on any atom is 0.360 e. The molecule has 106 valence electrons. The number of benzene rings is 1. The Bertz CT molecular complexity index is 648. The van der Waals surface area contributed by atoms with Crippen LogP contribution in [0.2, 0.25) is 0 Å². The summed E-state index contributed by atoms with van der Waals surface area (Å²) in [6.45, 7) is 1.87. The Hall–Kier alpha value is -1.54. The fourth-order valence-electron chi connectivity index (χ4n) is 1.42. The predicted octanol–water partition coefficient (Wildman–Crippen LogP) is 4.10. The number of carbonyl (C=O) groups is 1. The van der Waals surface area contributed by atoms with Gasteiger partial charge in [-0.05, 0) is 28.9 Å². The number of halogens is 3. The van der Waals surface area contributed by atoms with Crippen LogP contribution in [0.5, 0.6) is 0 Å². The zero-order valence-corrected chi connectivity index (χ0v) is 12.6. The number of esters is 1. The summed E-state index contributed by atoms with van der Waals surface area (Å²) in [5.41, 5.74) is 1.38. The Labute approximate surface area is 125 Å². The predicted molar refractivity (Wildman–Crippen MR) is 75.4 cm³/mol. The average molecular weight is 363 g/mol. The molecule has 8 heteroatoms. The van der Waals surface area contributed by atoms with Crippen molar-refractivity contribution in [1.29, 1.82) is 0 Å². The van der Waals surface area contributed by atoms with E-state index in [0.29, 0.717) is 5.00 Å². The van der Waals surface area contributed by atoms with Gasteiger partial charge in [0, 0.05) is 6.07 Å². The fraction of sp³-hybridized carbons (Fsp3) is 0.167. The molecule has 0 fully saturated rings. The van der Waals surface area contributed by atoms with E-state index in [0.717, 1.165) is 23.5 Å². The minimum atomic E-state index is -0.651. The van der Waals surface area contributed by atoms with Gasteiger partial charge in [0.05, 0.1) is 22.3 Å². The molecule has 0 unspecified atom stereocenters. The molecule has 1 aromatic carbocycles. The second-order valence-corrected chi connectivity index (χ2v) is 5.33. The maximum absolute atomic E-state index is 13.7. The van der Waals surface area contributed by atoms with Gasteiger partial charge in [-0.2, -0.15) is 0 Å². The number of thiazole rings is 1. The van der Waals surface area contributed by atoms with Crippen molar-refractivity contribution >= 4 is 43.9 Å². The Kier molecular flexibility index (Phi) is 4.66. The van der Waals surface area contributed by atoms with E-state index in [1.165, 1.54) is 5.51 Å². The molecule has 0 aliphatic heterocycles. The summed E-state index contributed by atoms with van der Waals surface area (Å²) in [6, 6.07) is 2.00. The lowest BCUT2D eigenvalue weighted by Crippen LogP contribution is -2.07. The van der Waals surface area contributed by atoms with Gasteiger partial charge < -0.3 is 10.1 Å². The van der Waals surface area contributed by atoms with E-state index in [1.807, 2.05) is 0 Å². The molecule has 0 saturated carbocycles. The number of rotatable bonds is 4. The quantitative estimate of drug-likeness (QED) is 0.656. The summed E-state index contributed by atoms with van der Waals surface area (Å²) in [5.74, 6) is -1.88. The van der Waals surface area contributed by atoms with Crippen LogP contribution in [-0.4, -0.2) is 17.6 Å². The lowest BCUT2D eigenvalue weighted by Gasteiger charge is -2.08. The number of nitrogens with zero attached hydrogens (tertiary/aromatic N) is 1. The van der Waals surface area contributed by atoms with Crippen molar-refractivity contribution in [3.63, 3.8) is 0 Å². The molecule has 1 aromatic heterocycles. The van der Waals surface area contributed by atoms with Gasteiger partial charge in [-0.15, -0.1) is 11.3 Å². The molecular weight excluding hydrogens is 354 g/mol. The molecule has 1 heterocycles. The first-order valence-electron chi connectivity index (χ1n) is 5.55. The molecule has 2 rings (SSSR count). The molecule has 0 radical (unpaired) electrons. The smallest absolute Gasteiger partial charge is 0.360 e. The van der Waals surface area contributed by atoms with Gasteiger partial charge in [0.25, 0.3) is 0 Å². The summed E-state index contributed by atoms with van der Waals surface area (Å²) < 4.78 is 32.0. The van der Waals surface area contributed by atoms with E-state index in [1.54, 1.807) is 6.92 Å². The van der Waals surface area contributed by atoms with E-state index in [4.69, 9.17) is 4.74 Å². The van der Waals surface area contributed by atoms with E-state index in [9.17, 15) is 13.6 Å². The molecule has 2 aromatic rings. The monoisotopic (exact) mass is 362 g/mol. The highest BCUT2D eigenvalue weighted by Gasteiger charge is 2.18. The minimum absolute atomic E-state index is 0.0236. The van der Waals surface area contributed by atoms with Gasteiger partial charge in [0.2, 0.25) is 0 Å². The highest BCUT2D eigenvalue weighted by molar-refractivity contribution is 9.10. The second-order valence-electron chi connectivity index (χ2n) is 3.62. The topological polar surface area (TPSA) is 51.2 Å². The third-order valence-corrected chi connectivity index (χ3v) is 3.64. The van der Waals surface area contributed by atoms with Crippen LogP contribution in [0.15, 0.2) is 22.1 Å². The highest BCUT2D eigenvalue weighted by atomic mass is 79.9. The number of anilines is 2. The average Bonchev–Trinajstić information content (AvgIpc) is 2.84. The molecule has 4 nitrogen and oxygen atoms in total. The van der Waals surface area contributed by atoms with E-state index in [2.05, 4.69) is 26.2 Å². The number of hydrogen-bond acceptors (Lipinski definition) is 5. The summed E-state index contributed by atoms with van der Waals surface area (Å²) in [5, 5.41) is 2.94. The lowest BCUT2D eigenvalue weighted by molar-refractivity contribution is 0.0521. The first-order chi connectivity index (χ1) is 9.52. The van der Waals surface area contributed by atoms with Crippen molar-refractivity contribution in [1.82, 2.24) is 4.98 Å². The third-order valence-electron chi connectivity index (χ3n) is 2.29. The standard InChI is InChI=1S/C12H9BrF2N2O2S/c1-2-19-12(18)10-11(20-5-16-10)17-9-4-7(14)6(13)3-8(9)15/h3-5,17H,2H2,1H3. The number of hydrogen-bond donors (Lipinski definition) is 1.